The summed E-state index contributed by atoms with van der Waals surface area (Å²) in [5.74, 6) is 0.458. The SMILES string of the molecule is CN(CCOc1ccccc1F)C(=O)CCCCCl. The lowest BCUT2D eigenvalue weighted by molar-refractivity contribution is -0.130. The third-order valence-electron chi connectivity index (χ3n) is 2.72. The molecule has 0 heterocycles. The molecule has 19 heavy (non-hydrogen) atoms. The van der Waals surface area contributed by atoms with Crippen molar-refractivity contribution in [1.82, 2.24) is 4.90 Å². The Labute approximate surface area is 118 Å². The van der Waals surface area contributed by atoms with Crippen molar-refractivity contribution in [3.8, 4) is 5.75 Å². The predicted octanol–water partition coefficient (Wildman–Crippen LogP) is 3.07. The zero-order valence-corrected chi connectivity index (χ0v) is 11.8. The van der Waals surface area contributed by atoms with Crippen molar-refractivity contribution in [2.75, 3.05) is 26.1 Å². The minimum Gasteiger partial charge on any atom is -0.489 e. The van der Waals surface area contributed by atoms with Gasteiger partial charge < -0.3 is 9.64 Å². The predicted molar refractivity (Wildman–Crippen MR) is 74.1 cm³/mol. The van der Waals surface area contributed by atoms with E-state index in [2.05, 4.69) is 0 Å². The number of para-hydroxylation sites is 1. The standard InChI is InChI=1S/C14H19ClFNO2/c1-17(14(18)8-4-5-9-15)10-11-19-13-7-3-2-6-12(13)16/h2-3,6-7H,4-5,8-11H2,1H3. The van der Waals surface area contributed by atoms with Crippen LogP contribution in [0, 0.1) is 5.82 Å². The zero-order chi connectivity index (χ0) is 14.1. The molecule has 1 aromatic rings. The summed E-state index contributed by atoms with van der Waals surface area (Å²) in [5.41, 5.74) is 0. The first-order chi connectivity index (χ1) is 9.15. The van der Waals surface area contributed by atoms with E-state index in [9.17, 15) is 9.18 Å². The van der Waals surface area contributed by atoms with Crippen molar-refractivity contribution in [2.24, 2.45) is 0 Å². The second-order valence-electron chi connectivity index (χ2n) is 4.24. The number of rotatable bonds is 8. The van der Waals surface area contributed by atoms with Crippen LogP contribution in [0.2, 0.25) is 0 Å². The van der Waals surface area contributed by atoms with Crippen LogP contribution >= 0.6 is 11.6 Å². The third kappa shape index (κ3) is 5.92. The Hall–Kier alpha value is -1.29. The van der Waals surface area contributed by atoms with Crippen molar-refractivity contribution >= 4 is 17.5 Å². The topological polar surface area (TPSA) is 29.5 Å². The van der Waals surface area contributed by atoms with Gasteiger partial charge in [0.15, 0.2) is 11.6 Å². The molecular weight excluding hydrogens is 269 g/mol. The molecule has 1 amide bonds. The van der Waals surface area contributed by atoms with E-state index in [0.717, 1.165) is 12.8 Å². The molecule has 0 atom stereocenters. The fourth-order valence-electron chi connectivity index (χ4n) is 1.54. The Morgan fingerprint density at radius 3 is 2.79 bits per heavy atom. The smallest absolute Gasteiger partial charge is 0.222 e. The Bertz CT molecular complexity index is 401. The second kappa shape index (κ2) is 8.75. The summed E-state index contributed by atoms with van der Waals surface area (Å²) in [5, 5.41) is 0. The number of amides is 1. The maximum atomic E-state index is 13.3. The maximum absolute atomic E-state index is 13.3. The highest BCUT2D eigenvalue weighted by Crippen LogP contribution is 2.15. The van der Waals surface area contributed by atoms with Gasteiger partial charge in [-0.1, -0.05) is 12.1 Å². The molecule has 0 saturated carbocycles. The van der Waals surface area contributed by atoms with E-state index >= 15 is 0 Å². The molecule has 0 fully saturated rings. The van der Waals surface area contributed by atoms with Gasteiger partial charge in [-0.3, -0.25) is 4.79 Å². The number of nitrogens with zero attached hydrogens (tertiary/aromatic N) is 1. The van der Waals surface area contributed by atoms with Crippen LogP contribution in [0.15, 0.2) is 24.3 Å². The molecule has 3 nitrogen and oxygen atoms in total. The minimum absolute atomic E-state index is 0.0576. The number of carbonyl (C=O) groups excluding carboxylic acids is 1. The quantitative estimate of drug-likeness (QED) is 0.543. The molecule has 0 saturated heterocycles. The van der Waals surface area contributed by atoms with Gasteiger partial charge >= 0.3 is 0 Å². The summed E-state index contributed by atoms with van der Waals surface area (Å²) in [6.07, 6.45) is 2.12. The molecule has 0 spiro atoms. The van der Waals surface area contributed by atoms with Crippen LogP contribution in [0.4, 0.5) is 4.39 Å². The van der Waals surface area contributed by atoms with E-state index in [1.54, 1.807) is 30.1 Å². The fourth-order valence-corrected chi connectivity index (χ4v) is 1.73. The summed E-state index contributed by atoms with van der Waals surface area (Å²) in [4.78, 5) is 13.3. The highest BCUT2D eigenvalue weighted by molar-refractivity contribution is 6.17. The summed E-state index contributed by atoms with van der Waals surface area (Å²) >= 11 is 5.55. The van der Waals surface area contributed by atoms with E-state index in [-0.39, 0.29) is 18.3 Å². The van der Waals surface area contributed by atoms with Crippen molar-refractivity contribution < 1.29 is 13.9 Å². The summed E-state index contributed by atoms with van der Waals surface area (Å²) in [6, 6.07) is 6.22. The van der Waals surface area contributed by atoms with Crippen molar-refractivity contribution in [3.05, 3.63) is 30.1 Å². The molecule has 5 heteroatoms. The molecular formula is C14H19ClFNO2. The summed E-state index contributed by atoms with van der Waals surface area (Å²) < 4.78 is 18.6. The van der Waals surface area contributed by atoms with Crippen LogP contribution in [0.25, 0.3) is 0 Å². The lowest BCUT2D eigenvalue weighted by Crippen LogP contribution is -2.30. The molecule has 0 bridgehead atoms. The molecule has 0 unspecified atom stereocenters. The molecule has 0 N–H and O–H groups in total. The largest absolute Gasteiger partial charge is 0.489 e. The molecule has 1 rings (SSSR count). The molecule has 0 aliphatic carbocycles. The molecule has 0 aliphatic heterocycles. The fraction of sp³-hybridized carbons (Fsp3) is 0.500. The highest BCUT2D eigenvalue weighted by Gasteiger charge is 2.08. The van der Waals surface area contributed by atoms with Gasteiger partial charge in [0.1, 0.15) is 6.61 Å². The maximum Gasteiger partial charge on any atom is 0.222 e. The van der Waals surface area contributed by atoms with Crippen molar-refractivity contribution in [1.29, 1.82) is 0 Å². The minimum atomic E-state index is -0.390. The Morgan fingerprint density at radius 1 is 1.37 bits per heavy atom. The van der Waals surface area contributed by atoms with Gasteiger partial charge in [0.25, 0.3) is 0 Å². The second-order valence-corrected chi connectivity index (χ2v) is 4.62. The number of alkyl halides is 1. The van der Waals surface area contributed by atoms with Crippen LogP contribution in [0.5, 0.6) is 5.75 Å². The van der Waals surface area contributed by atoms with Gasteiger partial charge in [0, 0.05) is 19.3 Å². The van der Waals surface area contributed by atoms with E-state index < -0.39 is 5.82 Å². The lowest BCUT2D eigenvalue weighted by atomic mass is 10.2. The molecule has 0 aromatic heterocycles. The average molecular weight is 288 g/mol. The Balaban J connectivity index is 2.25. The Kier molecular flexibility index (Phi) is 7.26. The van der Waals surface area contributed by atoms with Gasteiger partial charge in [-0.15, -0.1) is 11.6 Å². The molecule has 106 valence electrons. The number of likely N-dealkylation sites (N-methyl/N-ethyl adjacent to an activating group) is 1. The summed E-state index contributed by atoms with van der Waals surface area (Å²) in [7, 11) is 1.72. The van der Waals surface area contributed by atoms with Crippen LogP contribution in [-0.2, 0) is 4.79 Å². The van der Waals surface area contributed by atoms with E-state index in [4.69, 9.17) is 16.3 Å². The molecule has 0 aliphatic rings. The third-order valence-corrected chi connectivity index (χ3v) is 2.99. The number of hydrogen-bond acceptors (Lipinski definition) is 2. The van der Waals surface area contributed by atoms with E-state index in [0.29, 0.717) is 18.8 Å². The number of halogens is 2. The van der Waals surface area contributed by atoms with Crippen LogP contribution in [0.3, 0.4) is 0 Å². The Morgan fingerprint density at radius 2 is 2.11 bits per heavy atom. The van der Waals surface area contributed by atoms with Crippen LogP contribution in [-0.4, -0.2) is 36.9 Å². The number of ether oxygens (including phenoxy) is 1. The van der Waals surface area contributed by atoms with Gasteiger partial charge in [-0.05, 0) is 25.0 Å². The van der Waals surface area contributed by atoms with E-state index in [1.807, 2.05) is 0 Å². The van der Waals surface area contributed by atoms with Gasteiger partial charge in [0.2, 0.25) is 5.91 Å². The lowest BCUT2D eigenvalue weighted by Gasteiger charge is -2.17. The van der Waals surface area contributed by atoms with Crippen molar-refractivity contribution in [2.45, 2.75) is 19.3 Å². The van der Waals surface area contributed by atoms with Gasteiger partial charge in [-0.2, -0.15) is 0 Å². The number of hydrogen-bond donors (Lipinski definition) is 0. The van der Waals surface area contributed by atoms with E-state index in [1.165, 1.54) is 6.07 Å². The number of benzene rings is 1. The first kappa shape index (κ1) is 15.8. The first-order valence-electron chi connectivity index (χ1n) is 6.32. The monoisotopic (exact) mass is 287 g/mol. The number of unbranched alkanes of at least 4 members (excludes halogenated alkanes) is 1. The normalized spacial score (nSPS) is 10.3. The van der Waals surface area contributed by atoms with Crippen molar-refractivity contribution in [3.63, 3.8) is 0 Å². The average Bonchev–Trinajstić information content (AvgIpc) is 2.41. The zero-order valence-electron chi connectivity index (χ0n) is 11.1. The highest BCUT2D eigenvalue weighted by atomic mass is 35.5. The molecule has 0 radical (unpaired) electrons. The summed E-state index contributed by atoms with van der Waals surface area (Å²) in [6.45, 7) is 0.715. The van der Waals surface area contributed by atoms with Crippen LogP contribution < -0.4 is 4.74 Å². The molecule has 1 aromatic carbocycles. The van der Waals surface area contributed by atoms with Gasteiger partial charge in [-0.25, -0.2) is 4.39 Å². The first-order valence-corrected chi connectivity index (χ1v) is 6.86. The van der Waals surface area contributed by atoms with Crippen LogP contribution in [0.1, 0.15) is 19.3 Å². The van der Waals surface area contributed by atoms with Gasteiger partial charge in [0.05, 0.1) is 6.54 Å². The number of carbonyl (C=O) groups is 1.